The highest BCUT2D eigenvalue weighted by atomic mass is 16.5. The molecule has 0 unspecified atom stereocenters. The van der Waals surface area contributed by atoms with E-state index in [1.807, 2.05) is 24.3 Å². The zero-order valence-electron chi connectivity index (χ0n) is 13.4. The molecule has 1 aliphatic heterocycles. The van der Waals surface area contributed by atoms with Crippen molar-refractivity contribution in [1.29, 1.82) is 0 Å². The fourth-order valence-electron chi connectivity index (χ4n) is 2.48. The predicted molar refractivity (Wildman–Crippen MR) is 92.4 cm³/mol. The van der Waals surface area contributed by atoms with E-state index >= 15 is 0 Å². The Hall–Kier alpha value is -2.69. The van der Waals surface area contributed by atoms with Gasteiger partial charge in [-0.05, 0) is 30.7 Å². The molecule has 0 spiro atoms. The van der Waals surface area contributed by atoms with Gasteiger partial charge in [0.15, 0.2) is 17.5 Å². The summed E-state index contributed by atoms with van der Waals surface area (Å²) < 4.78 is 11.0. The standard InChI is InChI=1S/C18H21N3O2/c1-13-7-8-15-14(11-13)12-20-18(21-15)19-9-10-23-17-6-4-3-5-16(17)22-2/h3-8,11H,9-10,12H2,1-2H3,(H2,19,20,21). The quantitative estimate of drug-likeness (QED) is 0.834. The number of rotatable bonds is 5. The lowest BCUT2D eigenvalue weighted by Gasteiger charge is -2.20. The highest BCUT2D eigenvalue weighted by Gasteiger charge is 2.11. The van der Waals surface area contributed by atoms with E-state index in [1.54, 1.807) is 7.11 Å². The number of benzene rings is 2. The minimum Gasteiger partial charge on any atom is -0.493 e. The summed E-state index contributed by atoms with van der Waals surface area (Å²) in [6.45, 7) is 3.97. The molecule has 5 nitrogen and oxygen atoms in total. The van der Waals surface area contributed by atoms with Gasteiger partial charge in [-0.1, -0.05) is 29.8 Å². The maximum absolute atomic E-state index is 5.73. The van der Waals surface area contributed by atoms with Gasteiger partial charge in [0, 0.05) is 5.69 Å². The number of aryl methyl sites for hydroxylation is 1. The Labute approximate surface area is 136 Å². The molecule has 0 atom stereocenters. The van der Waals surface area contributed by atoms with Crippen molar-refractivity contribution < 1.29 is 9.47 Å². The number of fused-ring (bicyclic) bond motifs is 1. The van der Waals surface area contributed by atoms with Crippen molar-refractivity contribution in [2.24, 2.45) is 4.99 Å². The molecule has 120 valence electrons. The van der Waals surface area contributed by atoms with Gasteiger partial charge in [-0.3, -0.25) is 0 Å². The summed E-state index contributed by atoms with van der Waals surface area (Å²) in [5.41, 5.74) is 3.59. The molecule has 5 heteroatoms. The maximum Gasteiger partial charge on any atom is 0.196 e. The molecule has 1 heterocycles. The van der Waals surface area contributed by atoms with Gasteiger partial charge in [0.25, 0.3) is 0 Å². The van der Waals surface area contributed by atoms with Crippen molar-refractivity contribution in [3.05, 3.63) is 53.6 Å². The topological polar surface area (TPSA) is 54.9 Å². The van der Waals surface area contributed by atoms with Crippen molar-refractivity contribution >= 4 is 11.6 Å². The van der Waals surface area contributed by atoms with Crippen molar-refractivity contribution in [2.45, 2.75) is 13.5 Å². The van der Waals surface area contributed by atoms with E-state index in [2.05, 4.69) is 40.7 Å². The monoisotopic (exact) mass is 311 g/mol. The highest BCUT2D eigenvalue weighted by Crippen LogP contribution is 2.25. The molecule has 3 rings (SSSR count). The van der Waals surface area contributed by atoms with Gasteiger partial charge in [0.2, 0.25) is 0 Å². The molecule has 0 bridgehead atoms. The Balaban J connectivity index is 1.49. The van der Waals surface area contributed by atoms with Crippen LogP contribution in [0.15, 0.2) is 47.5 Å². The number of nitrogens with zero attached hydrogens (tertiary/aromatic N) is 1. The molecule has 1 aliphatic rings. The first-order valence-corrected chi connectivity index (χ1v) is 7.67. The van der Waals surface area contributed by atoms with Crippen LogP contribution in [-0.2, 0) is 6.54 Å². The number of methoxy groups -OCH3 is 1. The molecule has 0 aromatic heterocycles. The van der Waals surface area contributed by atoms with Gasteiger partial charge < -0.3 is 20.1 Å². The Kier molecular flexibility index (Phi) is 4.66. The minimum absolute atomic E-state index is 0.530. The average molecular weight is 311 g/mol. The van der Waals surface area contributed by atoms with Crippen molar-refractivity contribution in [3.63, 3.8) is 0 Å². The van der Waals surface area contributed by atoms with Crippen LogP contribution in [0.4, 0.5) is 5.69 Å². The van der Waals surface area contributed by atoms with Gasteiger partial charge in [-0.2, -0.15) is 0 Å². The summed E-state index contributed by atoms with van der Waals surface area (Å²) in [5.74, 6) is 2.27. The molecule has 0 fully saturated rings. The van der Waals surface area contributed by atoms with Gasteiger partial charge in [0.1, 0.15) is 6.61 Å². The number of nitrogens with one attached hydrogen (secondary N) is 2. The second kappa shape index (κ2) is 7.05. The first kappa shape index (κ1) is 15.2. The number of hydrogen-bond acceptors (Lipinski definition) is 5. The Morgan fingerprint density at radius 2 is 2.00 bits per heavy atom. The van der Waals surface area contributed by atoms with E-state index in [1.165, 1.54) is 11.1 Å². The number of anilines is 1. The first-order chi connectivity index (χ1) is 11.3. The van der Waals surface area contributed by atoms with Crippen LogP contribution < -0.4 is 20.1 Å². The van der Waals surface area contributed by atoms with Crippen LogP contribution >= 0.6 is 0 Å². The maximum atomic E-state index is 5.73. The van der Waals surface area contributed by atoms with Crippen molar-refractivity contribution in [3.8, 4) is 11.5 Å². The molecule has 0 aliphatic carbocycles. The molecule has 0 saturated heterocycles. The summed E-state index contributed by atoms with van der Waals surface area (Å²) in [7, 11) is 1.64. The summed E-state index contributed by atoms with van der Waals surface area (Å²) in [6.07, 6.45) is 0. The smallest absolute Gasteiger partial charge is 0.196 e. The van der Waals surface area contributed by atoms with Crippen LogP contribution in [-0.4, -0.2) is 26.2 Å². The molecule has 23 heavy (non-hydrogen) atoms. The molecular weight excluding hydrogens is 290 g/mol. The third-order valence-electron chi connectivity index (χ3n) is 3.64. The van der Waals surface area contributed by atoms with Crippen LogP contribution in [0.1, 0.15) is 11.1 Å². The number of para-hydroxylation sites is 2. The number of guanidine groups is 1. The molecule has 0 radical (unpaired) electrons. The second-order valence-corrected chi connectivity index (χ2v) is 5.38. The van der Waals surface area contributed by atoms with Crippen LogP contribution in [0.5, 0.6) is 11.5 Å². The number of hydrogen-bond donors (Lipinski definition) is 2. The van der Waals surface area contributed by atoms with Crippen molar-refractivity contribution in [1.82, 2.24) is 5.32 Å². The highest BCUT2D eigenvalue weighted by molar-refractivity contribution is 5.95. The van der Waals surface area contributed by atoms with E-state index in [-0.39, 0.29) is 0 Å². The van der Waals surface area contributed by atoms with E-state index in [0.717, 1.165) is 23.1 Å². The SMILES string of the molecule is COc1ccccc1OCCNC1=NCc2cc(C)ccc2N1. The minimum atomic E-state index is 0.530. The Morgan fingerprint density at radius 3 is 2.83 bits per heavy atom. The van der Waals surface area contributed by atoms with Crippen LogP contribution in [0.2, 0.25) is 0 Å². The Bertz CT molecular complexity index is 713. The molecule has 2 N–H and O–H groups in total. The van der Waals surface area contributed by atoms with Gasteiger partial charge in [-0.25, -0.2) is 4.99 Å². The third-order valence-corrected chi connectivity index (χ3v) is 3.64. The Morgan fingerprint density at radius 1 is 1.17 bits per heavy atom. The summed E-state index contributed by atoms with van der Waals surface area (Å²) in [6, 6.07) is 14.0. The number of aliphatic imine (C=N–C) groups is 1. The fraction of sp³-hybridized carbons (Fsp3) is 0.278. The molecule has 0 amide bonds. The lowest BCUT2D eigenvalue weighted by Crippen LogP contribution is -2.35. The summed E-state index contributed by atoms with van der Waals surface area (Å²) in [5, 5.41) is 6.56. The largest absolute Gasteiger partial charge is 0.493 e. The summed E-state index contributed by atoms with van der Waals surface area (Å²) in [4.78, 5) is 4.50. The zero-order valence-corrected chi connectivity index (χ0v) is 13.4. The van der Waals surface area contributed by atoms with E-state index < -0.39 is 0 Å². The molecular formula is C18H21N3O2. The lowest BCUT2D eigenvalue weighted by atomic mass is 10.1. The van der Waals surface area contributed by atoms with Crippen LogP contribution in [0, 0.1) is 6.92 Å². The molecule has 2 aromatic rings. The molecule has 2 aromatic carbocycles. The fourth-order valence-corrected chi connectivity index (χ4v) is 2.48. The van der Waals surface area contributed by atoms with Crippen LogP contribution in [0.25, 0.3) is 0 Å². The van der Waals surface area contributed by atoms with Crippen molar-refractivity contribution in [2.75, 3.05) is 25.6 Å². The van der Waals surface area contributed by atoms with E-state index in [0.29, 0.717) is 19.7 Å². The van der Waals surface area contributed by atoms with Crippen LogP contribution in [0.3, 0.4) is 0 Å². The average Bonchev–Trinajstić information content (AvgIpc) is 2.59. The zero-order chi connectivity index (χ0) is 16.1. The normalized spacial score (nSPS) is 12.7. The molecule has 0 saturated carbocycles. The first-order valence-electron chi connectivity index (χ1n) is 7.67. The van der Waals surface area contributed by atoms with E-state index in [4.69, 9.17) is 9.47 Å². The van der Waals surface area contributed by atoms with E-state index in [9.17, 15) is 0 Å². The number of ether oxygens (including phenoxy) is 2. The van der Waals surface area contributed by atoms with Gasteiger partial charge >= 0.3 is 0 Å². The second-order valence-electron chi connectivity index (χ2n) is 5.38. The summed E-state index contributed by atoms with van der Waals surface area (Å²) >= 11 is 0. The van der Waals surface area contributed by atoms with Gasteiger partial charge in [-0.15, -0.1) is 0 Å². The van der Waals surface area contributed by atoms with Gasteiger partial charge in [0.05, 0.1) is 20.2 Å². The predicted octanol–water partition coefficient (Wildman–Crippen LogP) is 2.95. The lowest BCUT2D eigenvalue weighted by molar-refractivity contribution is 0.298. The third kappa shape index (κ3) is 3.74.